The lowest BCUT2D eigenvalue weighted by Crippen LogP contribution is -2.48. The Morgan fingerprint density at radius 2 is 1.67 bits per heavy atom. The first-order chi connectivity index (χ1) is 13.9. The van der Waals surface area contributed by atoms with Gasteiger partial charge in [-0.2, -0.15) is 0 Å². The van der Waals surface area contributed by atoms with Crippen molar-refractivity contribution in [1.82, 2.24) is 4.90 Å². The Bertz CT molecular complexity index is 572. The molecule has 0 unspecified atom stereocenters. The zero-order valence-electron chi connectivity index (χ0n) is 18.7. The summed E-state index contributed by atoms with van der Waals surface area (Å²) in [6, 6.07) is -1.01. The fourth-order valence-corrected chi connectivity index (χ4v) is 3.22. The van der Waals surface area contributed by atoms with E-state index in [1.807, 2.05) is 0 Å². The molecule has 1 saturated heterocycles. The normalized spacial score (nSPS) is 16.6. The second kappa shape index (κ2) is 12.5. The van der Waals surface area contributed by atoms with E-state index in [1.54, 1.807) is 34.6 Å². The predicted molar refractivity (Wildman–Crippen MR) is 114 cm³/mol. The Morgan fingerprint density at radius 3 is 2.27 bits per heavy atom. The molecule has 1 rings (SSSR count). The lowest BCUT2D eigenvalue weighted by molar-refractivity contribution is -0.160. The van der Waals surface area contributed by atoms with Crippen molar-refractivity contribution < 1.29 is 33.3 Å². The monoisotopic (exact) mass is 448 g/mol. The van der Waals surface area contributed by atoms with Crippen LogP contribution in [0.1, 0.15) is 47.5 Å². The van der Waals surface area contributed by atoms with Crippen LogP contribution >= 0.6 is 11.8 Å². The molecule has 1 heterocycles. The minimum Gasteiger partial charge on any atom is -0.464 e. The van der Waals surface area contributed by atoms with Crippen molar-refractivity contribution in [3.05, 3.63) is 0 Å². The predicted octanol–water partition coefficient (Wildman–Crippen LogP) is 2.16. The Hall–Kier alpha value is -1.36. The number of nitrogens with zero attached hydrogens (tertiary/aromatic N) is 1. The molecule has 0 saturated carbocycles. The number of unbranched alkanes of at least 4 members (excludes halogenated alkanes) is 1. The summed E-state index contributed by atoms with van der Waals surface area (Å²) in [6.45, 7) is 12.5. The Labute approximate surface area is 183 Å². The average molecular weight is 449 g/mol. The largest absolute Gasteiger partial charge is 0.464 e. The summed E-state index contributed by atoms with van der Waals surface area (Å²) in [4.78, 5) is 38.2. The molecule has 0 aliphatic carbocycles. The molecule has 1 fully saturated rings. The molecule has 174 valence electrons. The highest BCUT2D eigenvalue weighted by molar-refractivity contribution is 8.14. The van der Waals surface area contributed by atoms with Crippen LogP contribution in [0.4, 0.5) is 4.79 Å². The third-order valence-corrected chi connectivity index (χ3v) is 5.61. The van der Waals surface area contributed by atoms with Gasteiger partial charge in [0.2, 0.25) is 6.79 Å². The molecular formula is C20H36N2O7S. The van der Waals surface area contributed by atoms with Crippen LogP contribution in [0.3, 0.4) is 0 Å². The van der Waals surface area contributed by atoms with E-state index in [1.165, 1.54) is 0 Å². The van der Waals surface area contributed by atoms with Crippen molar-refractivity contribution in [2.75, 3.05) is 46.2 Å². The lowest BCUT2D eigenvalue weighted by atomic mass is 9.98. The fraction of sp³-hybridized carbons (Fsp3) is 0.850. The number of carbonyl (C=O) groups is 3. The molecule has 0 aromatic rings. The van der Waals surface area contributed by atoms with Gasteiger partial charge in [-0.05, 0) is 65.8 Å². The molecule has 0 bridgehead atoms. The summed E-state index contributed by atoms with van der Waals surface area (Å²) >= 11 is 0.763. The maximum absolute atomic E-state index is 12.2. The summed E-state index contributed by atoms with van der Waals surface area (Å²) in [5.41, 5.74) is 5.31. The van der Waals surface area contributed by atoms with Crippen LogP contribution in [0, 0.1) is 5.41 Å². The summed E-state index contributed by atoms with van der Waals surface area (Å²) < 4.78 is 19.4. The van der Waals surface area contributed by atoms with Crippen LogP contribution in [0.5, 0.6) is 0 Å². The minimum atomic E-state index is -1.01. The highest BCUT2D eigenvalue weighted by Crippen LogP contribution is 2.29. The quantitative estimate of drug-likeness (QED) is 0.303. The minimum absolute atomic E-state index is 0.283. The highest BCUT2D eigenvalue weighted by Gasteiger charge is 2.37. The van der Waals surface area contributed by atoms with E-state index in [9.17, 15) is 14.4 Å². The molecule has 1 atom stereocenters. The smallest absolute Gasteiger partial charge is 0.370 e. The number of carbonyl (C=O) groups excluding carboxylic acids is 3. The van der Waals surface area contributed by atoms with Gasteiger partial charge in [-0.25, -0.2) is 4.79 Å². The van der Waals surface area contributed by atoms with Crippen LogP contribution in [0.2, 0.25) is 0 Å². The van der Waals surface area contributed by atoms with Gasteiger partial charge in [-0.15, -0.1) is 0 Å². The second-order valence-electron chi connectivity index (χ2n) is 8.71. The number of nitrogens with two attached hydrogens (primary N) is 1. The summed E-state index contributed by atoms with van der Waals surface area (Å²) in [5, 5.41) is -0.685. The first kappa shape index (κ1) is 26.7. The van der Waals surface area contributed by atoms with Crippen molar-refractivity contribution in [1.29, 1.82) is 0 Å². The van der Waals surface area contributed by atoms with E-state index < -0.39 is 40.2 Å². The number of esters is 2. The van der Waals surface area contributed by atoms with Gasteiger partial charge in [0, 0.05) is 17.8 Å². The SMILES string of the molecule is CC(C)(C)C(=O)OCOC(=O)SC(C)(C)[C@@H](N)C(=O)OCCCCN1CCOCC1. The van der Waals surface area contributed by atoms with Gasteiger partial charge in [0.25, 0.3) is 0 Å². The first-order valence-corrected chi connectivity index (χ1v) is 11.0. The fourth-order valence-electron chi connectivity index (χ4n) is 2.46. The Morgan fingerprint density at radius 1 is 1.03 bits per heavy atom. The van der Waals surface area contributed by atoms with Gasteiger partial charge < -0.3 is 24.7 Å². The zero-order chi connectivity index (χ0) is 22.8. The van der Waals surface area contributed by atoms with Gasteiger partial charge in [-0.1, -0.05) is 0 Å². The van der Waals surface area contributed by atoms with Crippen LogP contribution < -0.4 is 5.73 Å². The molecule has 0 aromatic heterocycles. The number of ether oxygens (including phenoxy) is 4. The number of hydrogen-bond donors (Lipinski definition) is 1. The number of morpholine rings is 1. The van der Waals surface area contributed by atoms with Crippen LogP contribution in [-0.2, 0) is 28.5 Å². The van der Waals surface area contributed by atoms with Crippen LogP contribution in [-0.4, -0.2) is 79.2 Å². The lowest BCUT2D eigenvalue weighted by Gasteiger charge is -2.28. The summed E-state index contributed by atoms with van der Waals surface area (Å²) in [7, 11) is 0. The molecule has 10 heteroatoms. The Balaban J connectivity index is 2.26. The maximum atomic E-state index is 12.2. The highest BCUT2D eigenvalue weighted by atomic mass is 32.2. The van der Waals surface area contributed by atoms with Crippen LogP contribution in [0.25, 0.3) is 0 Å². The zero-order valence-corrected chi connectivity index (χ0v) is 19.5. The first-order valence-electron chi connectivity index (χ1n) is 10.2. The molecule has 1 aliphatic rings. The van der Waals surface area contributed by atoms with Gasteiger partial charge in [0.1, 0.15) is 6.04 Å². The Kier molecular flexibility index (Phi) is 11.1. The van der Waals surface area contributed by atoms with Crippen LogP contribution in [0.15, 0.2) is 0 Å². The molecule has 0 amide bonds. The van der Waals surface area contributed by atoms with Gasteiger partial charge in [0.05, 0.1) is 25.2 Å². The summed E-state index contributed by atoms with van der Waals surface area (Å²) in [6.07, 6.45) is 1.66. The molecule has 0 radical (unpaired) electrons. The van der Waals surface area contributed by atoms with Crippen molar-refractivity contribution in [2.45, 2.75) is 58.2 Å². The van der Waals surface area contributed by atoms with Gasteiger partial charge >= 0.3 is 17.2 Å². The van der Waals surface area contributed by atoms with Gasteiger partial charge in [0.15, 0.2) is 0 Å². The van der Waals surface area contributed by atoms with Crippen molar-refractivity contribution >= 4 is 29.0 Å². The van der Waals surface area contributed by atoms with Crippen molar-refractivity contribution in [2.24, 2.45) is 11.1 Å². The van der Waals surface area contributed by atoms with E-state index >= 15 is 0 Å². The summed E-state index contributed by atoms with van der Waals surface area (Å²) in [5.74, 6) is -1.04. The maximum Gasteiger partial charge on any atom is 0.370 e. The number of hydrogen-bond acceptors (Lipinski definition) is 10. The topological polar surface area (TPSA) is 117 Å². The molecule has 1 aliphatic heterocycles. The van der Waals surface area contributed by atoms with Crippen molar-refractivity contribution in [3.63, 3.8) is 0 Å². The third kappa shape index (κ3) is 10.1. The van der Waals surface area contributed by atoms with E-state index in [2.05, 4.69) is 4.90 Å². The van der Waals surface area contributed by atoms with Gasteiger partial charge in [-0.3, -0.25) is 14.5 Å². The molecular weight excluding hydrogens is 412 g/mol. The average Bonchev–Trinajstić information content (AvgIpc) is 2.66. The van der Waals surface area contributed by atoms with Crippen molar-refractivity contribution in [3.8, 4) is 0 Å². The second-order valence-corrected chi connectivity index (χ2v) is 10.3. The molecule has 2 N–H and O–H groups in total. The third-order valence-electron chi connectivity index (χ3n) is 4.55. The van der Waals surface area contributed by atoms with E-state index in [4.69, 9.17) is 24.7 Å². The molecule has 0 spiro atoms. The van der Waals surface area contributed by atoms with E-state index in [0.717, 1.165) is 57.5 Å². The number of thioether (sulfide) groups is 1. The molecule has 9 nitrogen and oxygen atoms in total. The molecule has 0 aromatic carbocycles. The number of rotatable bonds is 10. The van der Waals surface area contributed by atoms with E-state index in [0.29, 0.717) is 0 Å². The standard InChI is InChI=1S/C20H36N2O7S/c1-19(2,3)17(24)28-14-29-18(25)30-20(4,5)15(21)16(23)27-11-7-6-8-22-9-12-26-13-10-22/h15H,6-14,21H2,1-5H3/t15-/m0/s1. The van der Waals surface area contributed by atoms with E-state index in [-0.39, 0.29) is 6.61 Å². The molecule has 30 heavy (non-hydrogen) atoms.